The molecule has 0 atom stereocenters. The second-order valence-corrected chi connectivity index (χ2v) is 3.69. The lowest BCUT2D eigenvalue weighted by Crippen LogP contribution is -2.24. The van der Waals surface area contributed by atoms with Crippen molar-refractivity contribution >= 4 is 5.91 Å². The van der Waals surface area contributed by atoms with Crippen molar-refractivity contribution < 1.29 is 4.79 Å². The first kappa shape index (κ1) is 11.4. The van der Waals surface area contributed by atoms with Gasteiger partial charge in [0.05, 0.1) is 0 Å². The molecule has 0 aliphatic heterocycles. The fraction of sp³-hybridized carbons (Fsp3) is 0.231. The molecule has 0 saturated carbocycles. The Hall–Kier alpha value is -2.10. The van der Waals surface area contributed by atoms with Gasteiger partial charge in [-0.1, -0.05) is 12.1 Å². The van der Waals surface area contributed by atoms with Gasteiger partial charge in [0, 0.05) is 30.9 Å². The van der Waals surface area contributed by atoms with Crippen LogP contribution < -0.4 is 5.32 Å². The number of hydrogen-bond acceptors (Lipinski definition) is 2. The van der Waals surface area contributed by atoms with Gasteiger partial charge in [-0.3, -0.25) is 4.79 Å². The number of H-pyrrole nitrogens is 1. The molecule has 4 nitrogen and oxygen atoms in total. The van der Waals surface area contributed by atoms with E-state index in [1.165, 1.54) is 0 Å². The number of nitrogens with zero attached hydrogens (tertiary/aromatic N) is 1. The van der Waals surface area contributed by atoms with E-state index in [4.69, 9.17) is 0 Å². The predicted molar refractivity (Wildman–Crippen MR) is 64.5 cm³/mol. The minimum Gasteiger partial charge on any atom is -0.352 e. The summed E-state index contributed by atoms with van der Waals surface area (Å²) in [6, 6.07) is 9.91. The topological polar surface area (TPSA) is 57.8 Å². The third-order valence-electron chi connectivity index (χ3n) is 2.40. The zero-order valence-electron chi connectivity index (χ0n) is 9.44. The van der Waals surface area contributed by atoms with Crippen LogP contribution in [0.25, 0.3) is 0 Å². The van der Waals surface area contributed by atoms with Crippen LogP contribution in [0, 0.1) is 6.07 Å². The maximum absolute atomic E-state index is 11.7. The average Bonchev–Trinajstić information content (AvgIpc) is 2.88. The summed E-state index contributed by atoms with van der Waals surface area (Å²) in [5.41, 5.74) is 0.644. The minimum atomic E-state index is -0.0544. The number of nitrogens with one attached hydrogen (secondary N) is 2. The summed E-state index contributed by atoms with van der Waals surface area (Å²) in [7, 11) is 0. The molecule has 1 aromatic carbocycles. The minimum absolute atomic E-state index is 0.0544. The maximum atomic E-state index is 11.7. The zero-order valence-corrected chi connectivity index (χ0v) is 9.44. The molecule has 0 aliphatic carbocycles. The molecule has 2 N–H and O–H groups in total. The molecule has 4 heteroatoms. The Morgan fingerprint density at radius 1 is 1.53 bits per heavy atom. The first-order valence-electron chi connectivity index (χ1n) is 5.59. The lowest BCUT2D eigenvalue weighted by atomic mass is 10.2. The smallest absolute Gasteiger partial charge is 0.251 e. The Morgan fingerprint density at radius 2 is 2.47 bits per heavy atom. The van der Waals surface area contributed by atoms with Crippen LogP contribution in [-0.2, 0) is 6.42 Å². The quantitative estimate of drug-likeness (QED) is 0.763. The molecule has 1 aromatic heterocycles. The van der Waals surface area contributed by atoms with Crippen LogP contribution in [0.3, 0.4) is 0 Å². The molecule has 0 saturated heterocycles. The Bertz CT molecular complexity index is 451. The van der Waals surface area contributed by atoms with E-state index >= 15 is 0 Å². The summed E-state index contributed by atoms with van der Waals surface area (Å²) in [6.07, 6.45) is 5.24. The number of carbonyl (C=O) groups excluding carboxylic acids is 1. The molecule has 1 heterocycles. The number of hydrogen-bond donors (Lipinski definition) is 2. The molecule has 17 heavy (non-hydrogen) atoms. The van der Waals surface area contributed by atoms with Gasteiger partial charge in [-0.2, -0.15) is 0 Å². The van der Waals surface area contributed by atoms with Gasteiger partial charge in [0.25, 0.3) is 5.91 Å². The fourth-order valence-electron chi connectivity index (χ4n) is 1.53. The van der Waals surface area contributed by atoms with E-state index in [2.05, 4.69) is 21.4 Å². The van der Waals surface area contributed by atoms with Gasteiger partial charge in [-0.15, -0.1) is 0 Å². The van der Waals surface area contributed by atoms with E-state index < -0.39 is 0 Å². The lowest BCUT2D eigenvalue weighted by molar-refractivity contribution is 0.0953. The van der Waals surface area contributed by atoms with E-state index in [1.54, 1.807) is 36.7 Å². The highest BCUT2D eigenvalue weighted by molar-refractivity contribution is 5.93. The van der Waals surface area contributed by atoms with E-state index in [1.807, 2.05) is 0 Å². The molecular weight excluding hydrogens is 214 g/mol. The average molecular weight is 228 g/mol. The number of aromatic amines is 1. The monoisotopic (exact) mass is 228 g/mol. The van der Waals surface area contributed by atoms with Gasteiger partial charge < -0.3 is 10.3 Å². The summed E-state index contributed by atoms with van der Waals surface area (Å²) >= 11 is 0. The van der Waals surface area contributed by atoms with Crippen molar-refractivity contribution in [3.63, 3.8) is 0 Å². The van der Waals surface area contributed by atoms with Crippen molar-refractivity contribution in [2.24, 2.45) is 0 Å². The molecule has 1 radical (unpaired) electrons. The summed E-state index contributed by atoms with van der Waals surface area (Å²) < 4.78 is 0. The van der Waals surface area contributed by atoms with Gasteiger partial charge in [0.2, 0.25) is 0 Å². The van der Waals surface area contributed by atoms with Crippen LogP contribution in [0.5, 0.6) is 0 Å². The largest absolute Gasteiger partial charge is 0.352 e. The van der Waals surface area contributed by atoms with Gasteiger partial charge in [-0.25, -0.2) is 4.98 Å². The van der Waals surface area contributed by atoms with E-state index in [0.29, 0.717) is 12.1 Å². The third kappa shape index (κ3) is 3.45. The van der Waals surface area contributed by atoms with Crippen molar-refractivity contribution in [1.29, 1.82) is 0 Å². The Labute approximate surface area is 100 Å². The third-order valence-corrected chi connectivity index (χ3v) is 2.40. The molecule has 0 unspecified atom stereocenters. The molecule has 0 spiro atoms. The summed E-state index contributed by atoms with van der Waals surface area (Å²) in [6.45, 7) is 0.647. The van der Waals surface area contributed by atoms with Crippen molar-refractivity contribution in [2.45, 2.75) is 12.8 Å². The maximum Gasteiger partial charge on any atom is 0.251 e. The summed E-state index contributed by atoms with van der Waals surface area (Å²) in [4.78, 5) is 18.8. The van der Waals surface area contributed by atoms with Crippen LogP contribution in [-0.4, -0.2) is 22.4 Å². The molecule has 0 fully saturated rings. The van der Waals surface area contributed by atoms with E-state index in [9.17, 15) is 4.79 Å². The van der Waals surface area contributed by atoms with Crippen molar-refractivity contribution in [1.82, 2.24) is 15.3 Å². The SMILES string of the molecule is O=C(NCCCc1ncc[nH]1)c1c[c]ccc1. The standard InChI is InChI=1S/C13H14N3O/c17-13(11-5-2-1-3-6-11)16-8-4-7-12-14-9-10-15-12/h1-2,5-6,9-10H,4,7-8H2,(H,14,15)(H,16,17). The second-order valence-electron chi connectivity index (χ2n) is 3.69. The van der Waals surface area contributed by atoms with Gasteiger partial charge in [-0.05, 0) is 24.6 Å². The highest BCUT2D eigenvalue weighted by Gasteiger charge is 2.03. The molecule has 0 aliphatic rings. The van der Waals surface area contributed by atoms with Crippen molar-refractivity contribution in [3.05, 3.63) is 54.1 Å². The number of imidazole rings is 1. The number of aryl methyl sites for hydroxylation is 1. The molecule has 0 bridgehead atoms. The Kier molecular flexibility index (Phi) is 3.91. The first-order valence-corrected chi connectivity index (χ1v) is 5.59. The Balaban J connectivity index is 1.70. The number of rotatable bonds is 5. The summed E-state index contributed by atoms with van der Waals surface area (Å²) in [5.74, 6) is 0.897. The molecular formula is C13H14N3O. The highest BCUT2D eigenvalue weighted by Crippen LogP contribution is 1.98. The van der Waals surface area contributed by atoms with Gasteiger partial charge in [0.15, 0.2) is 0 Å². The predicted octanol–water partition coefficient (Wildman–Crippen LogP) is 1.57. The fourth-order valence-corrected chi connectivity index (χ4v) is 1.53. The highest BCUT2D eigenvalue weighted by atomic mass is 16.1. The van der Waals surface area contributed by atoms with E-state index in [-0.39, 0.29) is 5.91 Å². The van der Waals surface area contributed by atoms with Gasteiger partial charge in [0.1, 0.15) is 5.82 Å². The molecule has 2 rings (SSSR count). The van der Waals surface area contributed by atoms with Gasteiger partial charge >= 0.3 is 0 Å². The molecule has 1 amide bonds. The van der Waals surface area contributed by atoms with Crippen LogP contribution in [0.4, 0.5) is 0 Å². The van der Waals surface area contributed by atoms with Crippen LogP contribution >= 0.6 is 0 Å². The molecule has 87 valence electrons. The first-order chi connectivity index (χ1) is 8.36. The van der Waals surface area contributed by atoms with Crippen molar-refractivity contribution in [2.75, 3.05) is 6.54 Å². The van der Waals surface area contributed by atoms with E-state index in [0.717, 1.165) is 18.7 Å². The second kappa shape index (κ2) is 5.84. The van der Waals surface area contributed by atoms with Crippen LogP contribution in [0.2, 0.25) is 0 Å². The normalized spacial score (nSPS) is 10.1. The number of carbonyl (C=O) groups is 1. The number of amides is 1. The van der Waals surface area contributed by atoms with Crippen LogP contribution in [0.1, 0.15) is 22.6 Å². The Morgan fingerprint density at radius 3 is 3.18 bits per heavy atom. The zero-order chi connectivity index (χ0) is 11.9. The molecule has 2 aromatic rings. The number of aromatic nitrogens is 2. The van der Waals surface area contributed by atoms with Crippen LogP contribution in [0.15, 0.2) is 36.7 Å². The van der Waals surface area contributed by atoms with Crippen molar-refractivity contribution in [3.8, 4) is 0 Å². The number of benzene rings is 1. The summed E-state index contributed by atoms with van der Waals surface area (Å²) in [5, 5.41) is 2.86. The lowest BCUT2D eigenvalue weighted by Gasteiger charge is -2.03.